The molecular formula is C26H23N5O7. The molecule has 0 aliphatic carbocycles. The molecule has 3 aromatic carbocycles. The van der Waals surface area contributed by atoms with E-state index in [1.54, 1.807) is 6.07 Å². The molecule has 1 aromatic heterocycles. The lowest BCUT2D eigenvalue weighted by molar-refractivity contribution is -0.386. The van der Waals surface area contributed by atoms with Gasteiger partial charge in [0.15, 0.2) is 18.2 Å². The number of aryl methyl sites for hydroxylation is 2. The zero-order valence-electron chi connectivity index (χ0n) is 20.7. The second kappa shape index (κ2) is 10.8. The summed E-state index contributed by atoms with van der Waals surface area (Å²) in [7, 11) is 0. The lowest BCUT2D eigenvalue weighted by Crippen LogP contribution is -2.14. The Morgan fingerprint density at radius 3 is 2.47 bits per heavy atom. The first-order chi connectivity index (χ1) is 18.1. The normalized spacial score (nSPS) is 10.6. The molecule has 0 atom stereocenters. The second-order valence-corrected chi connectivity index (χ2v) is 8.47. The smallest absolute Gasteiger partial charge is 0.311 e. The third-order valence-electron chi connectivity index (χ3n) is 5.64. The first kappa shape index (κ1) is 25.8. The molecule has 1 N–H and O–H groups in total. The molecule has 0 fully saturated rings. The van der Waals surface area contributed by atoms with Gasteiger partial charge in [0.05, 0.1) is 21.6 Å². The lowest BCUT2D eigenvalue weighted by atomic mass is 10.1. The molecule has 0 bridgehead atoms. The van der Waals surface area contributed by atoms with Crippen LogP contribution in [0.3, 0.4) is 0 Å². The van der Waals surface area contributed by atoms with Crippen LogP contribution in [0.4, 0.5) is 17.1 Å². The van der Waals surface area contributed by atoms with Crippen LogP contribution in [0.25, 0.3) is 0 Å². The van der Waals surface area contributed by atoms with E-state index >= 15 is 0 Å². The minimum absolute atomic E-state index is 0.00953. The number of rotatable bonds is 9. The largest absolute Gasteiger partial charge is 0.464 e. The summed E-state index contributed by atoms with van der Waals surface area (Å²) in [6.45, 7) is 5.57. The molecule has 0 unspecified atom stereocenters. The number of carbonyl (C=O) groups is 1. The van der Waals surface area contributed by atoms with Gasteiger partial charge in [-0.15, -0.1) is 0 Å². The first-order valence-electron chi connectivity index (χ1n) is 11.4. The highest BCUT2D eigenvalue weighted by atomic mass is 16.6. The van der Waals surface area contributed by atoms with Crippen LogP contribution in [0.5, 0.6) is 17.2 Å². The molecule has 12 nitrogen and oxygen atoms in total. The Bertz CT molecular complexity index is 1550. The minimum atomic E-state index is -0.622. The number of nitrogens with zero attached hydrogens (tertiary/aromatic N) is 4. The van der Waals surface area contributed by atoms with Crippen molar-refractivity contribution in [1.29, 1.82) is 0 Å². The average molecular weight is 517 g/mol. The van der Waals surface area contributed by atoms with Crippen LogP contribution in [0, 0.1) is 41.0 Å². The van der Waals surface area contributed by atoms with E-state index in [1.165, 1.54) is 53.3 Å². The highest BCUT2D eigenvalue weighted by molar-refractivity contribution is 6.03. The van der Waals surface area contributed by atoms with E-state index in [0.717, 1.165) is 16.7 Å². The zero-order chi connectivity index (χ0) is 27.4. The Labute approximate surface area is 216 Å². The molecule has 38 heavy (non-hydrogen) atoms. The van der Waals surface area contributed by atoms with Crippen molar-refractivity contribution in [3.63, 3.8) is 0 Å². The monoisotopic (exact) mass is 517 g/mol. The van der Waals surface area contributed by atoms with Gasteiger partial charge in [0.25, 0.3) is 11.6 Å². The maximum Gasteiger partial charge on any atom is 0.311 e. The van der Waals surface area contributed by atoms with Gasteiger partial charge in [0, 0.05) is 24.4 Å². The van der Waals surface area contributed by atoms with Crippen LogP contribution in [0.2, 0.25) is 0 Å². The van der Waals surface area contributed by atoms with E-state index in [1.807, 2.05) is 32.9 Å². The number of hydrogen-bond donors (Lipinski definition) is 1. The van der Waals surface area contributed by atoms with Crippen LogP contribution in [-0.4, -0.2) is 25.5 Å². The Balaban J connectivity index is 1.50. The number of hydrogen-bond acceptors (Lipinski definition) is 8. The molecule has 4 aromatic rings. The van der Waals surface area contributed by atoms with Crippen molar-refractivity contribution in [2.75, 3.05) is 5.32 Å². The maximum atomic E-state index is 12.8. The fraction of sp³-hybridized carbons (Fsp3) is 0.154. The highest BCUT2D eigenvalue weighted by Gasteiger charge is 2.17. The topological polar surface area (TPSA) is 152 Å². The van der Waals surface area contributed by atoms with Gasteiger partial charge in [0.2, 0.25) is 0 Å². The molecule has 0 aliphatic rings. The first-order valence-corrected chi connectivity index (χ1v) is 11.4. The zero-order valence-corrected chi connectivity index (χ0v) is 20.7. The summed E-state index contributed by atoms with van der Waals surface area (Å²) in [5, 5.41) is 29.4. The Morgan fingerprint density at radius 1 is 0.974 bits per heavy atom. The molecule has 0 aliphatic heterocycles. The Hall–Kier alpha value is -5.26. The van der Waals surface area contributed by atoms with Crippen molar-refractivity contribution in [2.45, 2.75) is 27.5 Å². The minimum Gasteiger partial charge on any atom is -0.464 e. The number of aromatic nitrogens is 2. The number of carbonyl (C=O) groups excluding carboxylic acids is 1. The highest BCUT2D eigenvalue weighted by Crippen LogP contribution is 2.33. The summed E-state index contributed by atoms with van der Waals surface area (Å²) in [5.41, 5.74) is 2.58. The van der Waals surface area contributed by atoms with Gasteiger partial charge in [-0.3, -0.25) is 25.0 Å². The number of benzene rings is 3. The fourth-order valence-corrected chi connectivity index (χ4v) is 3.67. The molecule has 0 radical (unpaired) electrons. The summed E-state index contributed by atoms with van der Waals surface area (Å²) in [5.74, 6) is 0.175. The second-order valence-electron chi connectivity index (χ2n) is 8.47. The molecule has 1 amide bonds. The van der Waals surface area contributed by atoms with Crippen molar-refractivity contribution < 1.29 is 24.1 Å². The van der Waals surface area contributed by atoms with Crippen molar-refractivity contribution in [2.24, 2.45) is 0 Å². The van der Waals surface area contributed by atoms with Gasteiger partial charge >= 0.3 is 5.69 Å². The standard InChI is InChI=1S/C26H23N5O7/c1-16-10-17(2)18(3)25(11-16)38-21-13-19(12-20(14-21)30(33)34)27-26(32)22-8-9-29(28-22)15-37-24-7-5-4-6-23(24)31(35)36/h4-14H,15H2,1-3H3,(H,27,32). The van der Waals surface area contributed by atoms with Gasteiger partial charge < -0.3 is 14.8 Å². The number of nitro benzene ring substituents is 2. The summed E-state index contributed by atoms with van der Waals surface area (Å²) in [6, 6.07) is 15.1. The molecular weight excluding hydrogens is 494 g/mol. The third kappa shape index (κ3) is 5.93. The molecule has 194 valence electrons. The summed E-state index contributed by atoms with van der Waals surface area (Å²) < 4.78 is 12.7. The predicted octanol–water partition coefficient (Wildman–Crippen LogP) is 5.71. The van der Waals surface area contributed by atoms with Gasteiger partial charge in [-0.2, -0.15) is 5.10 Å². The molecule has 0 saturated heterocycles. The van der Waals surface area contributed by atoms with Crippen LogP contribution in [0.1, 0.15) is 27.2 Å². The van der Waals surface area contributed by atoms with Gasteiger partial charge in [-0.1, -0.05) is 18.2 Å². The number of nitro groups is 2. The number of non-ortho nitro benzene ring substituents is 1. The van der Waals surface area contributed by atoms with Crippen LogP contribution in [-0.2, 0) is 6.73 Å². The summed E-state index contributed by atoms with van der Waals surface area (Å²) in [6.07, 6.45) is 1.47. The average Bonchev–Trinajstić information content (AvgIpc) is 3.35. The van der Waals surface area contributed by atoms with Gasteiger partial charge in [-0.25, -0.2) is 4.68 Å². The van der Waals surface area contributed by atoms with Crippen molar-refractivity contribution in [1.82, 2.24) is 9.78 Å². The van der Waals surface area contributed by atoms with Crippen molar-refractivity contribution in [3.05, 3.63) is 109 Å². The Morgan fingerprint density at radius 2 is 1.74 bits per heavy atom. The Kier molecular flexibility index (Phi) is 7.33. The van der Waals surface area contributed by atoms with E-state index in [2.05, 4.69) is 10.4 Å². The predicted molar refractivity (Wildman–Crippen MR) is 138 cm³/mol. The molecule has 1 heterocycles. The van der Waals surface area contributed by atoms with Gasteiger partial charge in [0.1, 0.15) is 11.5 Å². The van der Waals surface area contributed by atoms with E-state index in [-0.39, 0.29) is 41.0 Å². The number of ether oxygens (including phenoxy) is 2. The molecule has 0 saturated carbocycles. The number of para-hydroxylation sites is 2. The van der Waals surface area contributed by atoms with Crippen LogP contribution in [0.15, 0.2) is 66.9 Å². The van der Waals surface area contributed by atoms with E-state index in [0.29, 0.717) is 5.75 Å². The quantitative estimate of drug-likeness (QED) is 0.219. The lowest BCUT2D eigenvalue weighted by Gasteiger charge is -2.13. The van der Waals surface area contributed by atoms with E-state index < -0.39 is 15.8 Å². The van der Waals surface area contributed by atoms with Crippen molar-refractivity contribution in [3.8, 4) is 17.2 Å². The molecule has 4 rings (SSSR count). The van der Waals surface area contributed by atoms with Gasteiger partial charge in [-0.05, 0) is 55.7 Å². The van der Waals surface area contributed by atoms with Crippen LogP contribution >= 0.6 is 0 Å². The molecule has 0 spiro atoms. The van der Waals surface area contributed by atoms with E-state index in [9.17, 15) is 25.0 Å². The maximum absolute atomic E-state index is 12.8. The molecule has 12 heteroatoms. The van der Waals surface area contributed by atoms with Crippen molar-refractivity contribution >= 4 is 23.0 Å². The number of nitrogens with one attached hydrogen (secondary N) is 1. The van der Waals surface area contributed by atoms with Crippen LogP contribution < -0.4 is 14.8 Å². The number of amides is 1. The fourth-order valence-electron chi connectivity index (χ4n) is 3.67. The van der Waals surface area contributed by atoms with E-state index in [4.69, 9.17) is 9.47 Å². The summed E-state index contributed by atoms with van der Waals surface area (Å²) >= 11 is 0. The SMILES string of the molecule is Cc1cc(C)c(C)c(Oc2cc(NC(=O)c3ccn(COc4ccccc4[N+](=O)[O-])n3)cc([N+](=O)[O-])c2)c1. The number of anilines is 1. The third-order valence-corrected chi connectivity index (χ3v) is 5.64. The summed E-state index contributed by atoms with van der Waals surface area (Å²) in [4.78, 5) is 34.3.